The normalized spacial score (nSPS) is 12.0. The van der Waals surface area contributed by atoms with Crippen molar-refractivity contribution in [2.45, 2.75) is 26.2 Å². The molecule has 3 aromatic heterocycles. The fraction of sp³-hybridized carbons (Fsp3) is 0.154. The minimum atomic E-state index is 0.0403. The van der Waals surface area contributed by atoms with Crippen LogP contribution < -0.4 is 0 Å². The maximum atomic E-state index is 5.69. The van der Waals surface area contributed by atoms with Gasteiger partial charge in [0, 0.05) is 29.6 Å². The Kier molecular flexibility index (Phi) is 3.99. The fourth-order valence-electron chi connectivity index (χ4n) is 3.94. The van der Waals surface area contributed by atoms with Gasteiger partial charge in [-0.1, -0.05) is 45.0 Å². The number of fused-ring (bicyclic) bond motifs is 2. The van der Waals surface area contributed by atoms with E-state index in [1.54, 1.807) is 6.26 Å². The van der Waals surface area contributed by atoms with Crippen LogP contribution in [0.1, 0.15) is 26.3 Å². The largest absolute Gasteiger partial charge is 0.462 e. The molecule has 0 aliphatic heterocycles. The molecule has 0 amide bonds. The Morgan fingerprint density at radius 3 is 2.48 bits per heavy atom. The summed E-state index contributed by atoms with van der Waals surface area (Å²) >= 11 is 0. The first-order valence-corrected chi connectivity index (χ1v) is 9.83. The van der Waals surface area contributed by atoms with Crippen molar-refractivity contribution in [3.05, 3.63) is 84.9 Å². The summed E-state index contributed by atoms with van der Waals surface area (Å²) in [6, 6.07) is 21.1. The predicted molar refractivity (Wildman–Crippen MR) is 119 cm³/mol. The van der Waals surface area contributed by atoms with Gasteiger partial charge in [-0.3, -0.25) is 9.97 Å². The monoisotopic (exact) mass is 378 g/mol. The molecular weight excluding hydrogens is 356 g/mol. The second kappa shape index (κ2) is 6.56. The molecule has 0 N–H and O–H groups in total. The van der Waals surface area contributed by atoms with E-state index in [0.29, 0.717) is 0 Å². The Bertz CT molecular complexity index is 1340. The lowest BCUT2D eigenvalue weighted by Crippen LogP contribution is -2.12. The zero-order valence-electron chi connectivity index (χ0n) is 16.8. The van der Waals surface area contributed by atoms with Gasteiger partial charge in [-0.2, -0.15) is 0 Å². The minimum absolute atomic E-state index is 0.0403. The number of aromatic nitrogens is 2. The van der Waals surface area contributed by atoms with E-state index >= 15 is 0 Å². The molecule has 0 bridgehead atoms. The van der Waals surface area contributed by atoms with Gasteiger partial charge in [-0.05, 0) is 57.6 Å². The van der Waals surface area contributed by atoms with Crippen LogP contribution >= 0.6 is 0 Å². The molecule has 3 nitrogen and oxygen atoms in total. The van der Waals surface area contributed by atoms with Gasteiger partial charge in [0.2, 0.25) is 0 Å². The Morgan fingerprint density at radius 2 is 1.62 bits per heavy atom. The molecule has 0 saturated heterocycles. The maximum absolute atomic E-state index is 5.69. The minimum Gasteiger partial charge on any atom is -0.462 e. The number of rotatable bonds is 2. The average molecular weight is 378 g/mol. The van der Waals surface area contributed by atoms with E-state index in [0.717, 1.165) is 33.5 Å². The summed E-state index contributed by atoms with van der Waals surface area (Å²) in [5.74, 6) is 0. The van der Waals surface area contributed by atoms with Gasteiger partial charge in [0.15, 0.2) is 5.58 Å². The van der Waals surface area contributed by atoms with Crippen LogP contribution in [-0.2, 0) is 5.41 Å². The van der Waals surface area contributed by atoms with Crippen LogP contribution in [-0.4, -0.2) is 9.97 Å². The lowest BCUT2D eigenvalue weighted by molar-refractivity contribution is 0.596. The molecule has 2 aromatic carbocycles. The summed E-state index contributed by atoms with van der Waals surface area (Å²) in [5.41, 5.74) is 7.22. The van der Waals surface area contributed by atoms with Crippen LogP contribution in [0.2, 0.25) is 0 Å². The van der Waals surface area contributed by atoms with E-state index < -0.39 is 0 Å². The van der Waals surface area contributed by atoms with Crippen molar-refractivity contribution in [1.29, 1.82) is 0 Å². The highest BCUT2D eigenvalue weighted by Crippen LogP contribution is 2.36. The van der Waals surface area contributed by atoms with Crippen LogP contribution in [0.15, 0.2) is 83.7 Å². The molecule has 29 heavy (non-hydrogen) atoms. The second-order valence-corrected chi connectivity index (χ2v) is 8.42. The predicted octanol–water partition coefficient (Wildman–Crippen LogP) is 7.01. The van der Waals surface area contributed by atoms with Crippen molar-refractivity contribution in [3.8, 4) is 22.4 Å². The second-order valence-electron chi connectivity index (χ2n) is 8.42. The summed E-state index contributed by atoms with van der Waals surface area (Å²) in [6.45, 7) is 6.77. The third-order valence-electron chi connectivity index (χ3n) is 5.38. The van der Waals surface area contributed by atoms with Gasteiger partial charge in [-0.15, -0.1) is 0 Å². The van der Waals surface area contributed by atoms with Crippen LogP contribution in [0.3, 0.4) is 0 Å². The van der Waals surface area contributed by atoms with Crippen molar-refractivity contribution in [1.82, 2.24) is 9.97 Å². The zero-order valence-corrected chi connectivity index (χ0v) is 16.8. The number of furan rings is 1. The lowest BCUT2D eigenvalue weighted by atomic mass is 9.82. The first-order valence-electron chi connectivity index (χ1n) is 9.83. The number of hydrogen-bond donors (Lipinski definition) is 0. The van der Waals surface area contributed by atoms with Crippen LogP contribution in [0.4, 0.5) is 0 Å². The lowest BCUT2D eigenvalue weighted by Gasteiger charge is -2.22. The van der Waals surface area contributed by atoms with Gasteiger partial charge in [0.1, 0.15) is 5.52 Å². The molecule has 142 valence electrons. The first-order chi connectivity index (χ1) is 14.0. The number of nitrogens with zero attached hydrogens (tertiary/aromatic N) is 2. The highest BCUT2D eigenvalue weighted by molar-refractivity contribution is 5.93. The van der Waals surface area contributed by atoms with Gasteiger partial charge < -0.3 is 4.42 Å². The molecule has 0 spiro atoms. The van der Waals surface area contributed by atoms with E-state index in [1.165, 1.54) is 16.3 Å². The Morgan fingerprint density at radius 1 is 0.793 bits per heavy atom. The molecular formula is C26H22N2O. The summed E-state index contributed by atoms with van der Waals surface area (Å²) in [5, 5.41) is 2.53. The average Bonchev–Trinajstić information content (AvgIpc) is 3.21. The highest BCUT2D eigenvalue weighted by Gasteiger charge is 2.19. The van der Waals surface area contributed by atoms with Crippen LogP contribution in [0.25, 0.3) is 44.3 Å². The van der Waals surface area contributed by atoms with Gasteiger partial charge in [-0.25, -0.2) is 0 Å². The van der Waals surface area contributed by atoms with Gasteiger partial charge in [0.25, 0.3) is 0 Å². The number of pyridine rings is 2. The molecule has 5 rings (SSSR count). The van der Waals surface area contributed by atoms with E-state index in [4.69, 9.17) is 4.42 Å². The van der Waals surface area contributed by atoms with E-state index in [-0.39, 0.29) is 5.41 Å². The van der Waals surface area contributed by atoms with Crippen LogP contribution in [0.5, 0.6) is 0 Å². The van der Waals surface area contributed by atoms with Crippen molar-refractivity contribution in [3.63, 3.8) is 0 Å². The quantitative estimate of drug-likeness (QED) is 0.332. The maximum Gasteiger partial charge on any atom is 0.160 e. The van der Waals surface area contributed by atoms with Crippen molar-refractivity contribution < 1.29 is 4.42 Å². The molecule has 0 atom stereocenters. The molecule has 0 fully saturated rings. The molecule has 0 radical (unpaired) electrons. The SMILES string of the molecule is CC(C)(C)c1cc(-c2cc(-c3ccnc4ccoc34)ccn2)cc2ccccc12. The zero-order chi connectivity index (χ0) is 20.0. The van der Waals surface area contributed by atoms with E-state index in [1.807, 2.05) is 30.6 Å². The highest BCUT2D eigenvalue weighted by atomic mass is 16.3. The van der Waals surface area contributed by atoms with Crippen molar-refractivity contribution in [2.24, 2.45) is 0 Å². The number of benzene rings is 2. The van der Waals surface area contributed by atoms with Crippen LogP contribution in [0, 0.1) is 0 Å². The van der Waals surface area contributed by atoms with Crippen molar-refractivity contribution in [2.75, 3.05) is 0 Å². The van der Waals surface area contributed by atoms with Gasteiger partial charge in [0.05, 0.1) is 12.0 Å². The topological polar surface area (TPSA) is 38.9 Å². The number of hydrogen-bond acceptors (Lipinski definition) is 3. The summed E-state index contributed by atoms with van der Waals surface area (Å²) in [7, 11) is 0. The first kappa shape index (κ1) is 17.6. The summed E-state index contributed by atoms with van der Waals surface area (Å²) in [4.78, 5) is 9.06. The molecule has 3 heterocycles. The molecule has 0 aliphatic carbocycles. The summed E-state index contributed by atoms with van der Waals surface area (Å²) in [6.07, 6.45) is 5.37. The van der Waals surface area contributed by atoms with Gasteiger partial charge >= 0.3 is 0 Å². The third-order valence-corrected chi connectivity index (χ3v) is 5.38. The Hall–Kier alpha value is -3.46. The molecule has 0 unspecified atom stereocenters. The summed E-state index contributed by atoms with van der Waals surface area (Å²) < 4.78 is 5.69. The fourth-order valence-corrected chi connectivity index (χ4v) is 3.94. The Labute approximate surface area is 170 Å². The van der Waals surface area contributed by atoms with E-state index in [9.17, 15) is 0 Å². The van der Waals surface area contributed by atoms with Crippen molar-refractivity contribution >= 4 is 21.9 Å². The Balaban J connectivity index is 1.70. The third kappa shape index (κ3) is 3.09. The van der Waals surface area contributed by atoms with E-state index in [2.05, 4.69) is 73.2 Å². The molecule has 0 saturated carbocycles. The molecule has 5 aromatic rings. The standard InChI is InChI=1S/C26H22N2O/c1-26(2,3)22-15-19(14-17-6-4-5-7-20(17)22)24-16-18(8-11-28-24)21-9-12-27-23-10-13-29-25(21)23/h4-16H,1-3H3. The molecule has 0 aliphatic rings. The molecule has 3 heteroatoms. The smallest absolute Gasteiger partial charge is 0.160 e.